The summed E-state index contributed by atoms with van der Waals surface area (Å²) in [5.74, 6) is 0. The summed E-state index contributed by atoms with van der Waals surface area (Å²) in [5, 5.41) is 21.7. The lowest BCUT2D eigenvalue weighted by atomic mass is 10.00. The second kappa shape index (κ2) is 5.20. The van der Waals surface area contributed by atoms with Crippen LogP contribution in [0.2, 0.25) is 0 Å². The normalized spacial score (nSPS) is 34.2. The van der Waals surface area contributed by atoms with Crippen molar-refractivity contribution in [1.29, 1.82) is 0 Å². The average molecular weight is 247 g/mol. The minimum atomic E-state index is -0.978. The van der Waals surface area contributed by atoms with Gasteiger partial charge in [-0.1, -0.05) is 0 Å². The number of ether oxygens (including phenoxy) is 2. The summed E-state index contributed by atoms with van der Waals surface area (Å²) in [4.78, 5) is 11.5. The van der Waals surface area contributed by atoms with E-state index in [1.165, 1.54) is 0 Å². The minimum Gasteiger partial charge on any atom is -0.444 e. The van der Waals surface area contributed by atoms with Gasteiger partial charge in [-0.25, -0.2) is 4.79 Å². The highest BCUT2D eigenvalue weighted by atomic mass is 16.6. The molecule has 0 spiro atoms. The number of carbonyl (C=O) groups excluding carboxylic acids is 1. The van der Waals surface area contributed by atoms with Gasteiger partial charge in [-0.15, -0.1) is 0 Å². The molecule has 100 valence electrons. The van der Waals surface area contributed by atoms with Crippen molar-refractivity contribution in [3.05, 3.63) is 0 Å². The van der Waals surface area contributed by atoms with Crippen molar-refractivity contribution < 1.29 is 24.5 Å². The van der Waals surface area contributed by atoms with Gasteiger partial charge >= 0.3 is 6.09 Å². The fourth-order valence-electron chi connectivity index (χ4n) is 1.67. The van der Waals surface area contributed by atoms with Gasteiger partial charge in [0.05, 0.1) is 12.1 Å². The van der Waals surface area contributed by atoms with E-state index in [1.54, 1.807) is 27.7 Å². The highest BCUT2D eigenvalue weighted by molar-refractivity contribution is 5.68. The van der Waals surface area contributed by atoms with Crippen LogP contribution in [0, 0.1) is 0 Å². The summed E-state index contributed by atoms with van der Waals surface area (Å²) < 4.78 is 10.1. The van der Waals surface area contributed by atoms with Crippen LogP contribution in [0.1, 0.15) is 34.1 Å². The molecule has 1 unspecified atom stereocenters. The van der Waals surface area contributed by atoms with Crippen molar-refractivity contribution in [3.8, 4) is 0 Å². The Kier molecular flexibility index (Phi) is 4.35. The van der Waals surface area contributed by atoms with Gasteiger partial charge in [0.1, 0.15) is 11.7 Å². The molecule has 3 N–H and O–H groups in total. The maximum Gasteiger partial charge on any atom is 0.407 e. The fraction of sp³-hybridized carbons (Fsp3) is 0.909. The molecule has 1 amide bonds. The Balaban J connectivity index is 2.52. The van der Waals surface area contributed by atoms with E-state index in [1.807, 2.05) is 0 Å². The zero-order valence-corrected chi connectivity index (χ0v) is 10.6. The largest absolute Gasteiger partial charge is 0.444 e. The third kappa shape index (κ3) is 4.49. The van der Waals surface area contributed by atoms with Crippen LogP contribution in [0.4, 0.5) is 4.79 Å². The second-order valence-electron chi connectivity index (χ2n) is 5.27. The van der Waals surface area contributed by atoms with Gasteiger partial charge < -0.3 is 25.0 Å². The molecule has 1 aliphatic rings. The molecule has 1 aliphatic heterocycles. The molecule has 1 heterocycles. The molecule has 0 aromatic carbocycles. The molecular formula is C11H21NO5. The van der Waals surface area contributed by atoms with Crippen molar-refractivity contribution >= 4 is 6.09 Å². The Morgan fingerprint density at radius 2 is 2.00 bits per heavy atom. The van der Waals surface area contributed by atoms with E-state index < -0.39 is 36.2 Å². The number of aliphatic hydroxyl groups excluding tert-OH is 2. The van der Waals surface area contributed by atoms with Crippen LogP contribution in [0.25, 0.3) is 0 Å². The minimum absolute atomic E-state index is 0.144. The molecule has 1 saturated heterocycles. The SMILES string of the molecule is C[C@@H]1OC(O)C[C@H](NC(=O)OC(C)(C)C)[C@@H]1O. The Morgan fingerprint density at radius 1 is 1.41 bits per heavy atom. The molecule has 1 fully saturated rings. The molecule has 17 heavy (non-hydrogen) atoms. The molecular weight excluding hydrogens is 226 g/mol. The van der Waals surface area contributed by atoms with Crippen molar-refractivity contribution in [3.63, 3.8) is 0 Å². The topological polar surface area (TPSA) is 88.0 Å². The van der Waals surface area contributed by atoms with Crippen LogP contribution in [0.5, 0.6) is 0 Å². The van der Waals surface area contributed by atoms with Crippen molar-refractivity contribution in [1.82, 2.24) is 5.32 Å². The lowest BCUT2D eigenvalue weighted by Crippen LogP contribution is -2.55. The number of rotatable bonds is 1. The smallest absolute Gasteiger partial charge is 0.407 e. The lowest BCUT2D eigenvalue weighted by Gasteiger charge is -2.36. The van der Waals surface area contributed by atoms with E-state index in [-0.39, 0.29) is 6.42 Å². The number of hydrogen-bond donors (Lipinski definition) is 3. The van der Waals surface area contributed by atoms with Crippen molar-refractivity contribution in [2.24, 2.45) is 0 Å². The molecule has 0 aromatic rings. The monoisotopic (exact) mass is 247 g/mol. The predicted octanol–water partition coefficient (Wildman–Crippen LogP) is 0.368. The number of amides is 1. The third-order valence-corrected chi connectivity index (χ3v) is 2.42. The van der Waals surface area contributed by atoms with E-state index in [0.717, 1.165) is 0 Å². The summed E-state index contributed by atoms with van der Waals surface area (Å²) in [6, 6.07) is -0.566. The highest BCUT2D eigenvalue weighted by Crippen LogP contribution is 2.19. The molecule has 0 aliphatic carbocycles. The Morgan fingerprint density at radius 3 is 2.53 bits per heavy atom. The summed E-state index contributed by atoms with van der Waals surface area (Å²) in [6.45, 7) is 6.90. The fourth-order valence-corrected chi connectivity index (χ4v) is 1.67. The number of nitrogens with one attached hydrogen (secondary N) is 1. The molecule has 6 nitrogen and oxygen atoms in total. The quantitative estimate of drug-likeness (QED) is 0.623. The van der Waals surface area contributed by atoms with Gasteiger partial charge in [0.25, 0.3) is 0 Å². The van der Waals surface area contributed by atoms with E-state index in [0.29, 0.717) is 0 Å². The first-order valence-electron chi connectivity index (χ1n) is 5.70. The molecule has 4 atom stereocenters. The highest BCUT2D eigenvalue weighted by Gasteiger charge is 2.36. The lowest BCUT2D eigenvalue weighted by molar-refractivity contribution is -0.201. The zero-order valence-electron chi connectivity index (χ0n) is 10.6. The molecule has 0 bridgehead atoms. The van der Waals surface area contributed by atoms with E-state index in [9.17, 15) is 15.0 Å². The van der Waals surface area contributed by atoms with Crippen LogP contribution < -0.4 is 5.32 Å². The Labute approximate surface area is 101 Å². The molecule has 6 heteroatoms. The maximum atomic E-state index is 11.5. The molecule has 0 aromatic heterocycles. The molecule has 0 saturated carbocycles. The standard InChI is InChI=1S/C11H21NO5/c1-6-9(14)7(5-8(13)16-6)12-10(15)17-11(2,3)4/h6-9,13-14H,5H2,1-4H3,(H,12,15)/t6-,7-,8?,9+/m0/s1. The van der Waals surface area contributed by atoms with Gasteiger partial charge in [0.15, 0.2) is 6.29 Å². The Bertz CT molecular complexity index is 276. The van der Waals surface area contributed by atoms with Crippen LogP contribution >= 0.6 is 0 Å². The number of carbonyl (C=O) groups is 1. The number of aliphatic hydroxyl groups is 2. The third-order valence-electron chi connectivity index (χ3n) is 2.42. The van der Waals surface area contributed by atoms with Crippen molar-refractivity contribution in [2.45, 2.75) is 64.3 Å². The molecule has 0 radical (unpaired) electrons. The summed E-state index contributed by atoms with van der Waals surface area (Å²) in [6.07, 6.45) is -2.83. The maximum absolute atomic E-state index is 11.5. The first-order valence-corrected chi connectivity index (χ1v) is 5.70. The number of alkyl carbamates (subject to hydrolysis) is 1. The van der Waals surface area contributed by atoms with Crippen LogP contribution in [-0.2, 0) is 9.47 Å². The average Bonchev–Trinajstić information content (AvgIpc) is 2.10. The van der Waals surface area contributed by atoms with Gasteiger partial charge in [0, 0.05) is 6.42 Å². The summed E-state index contributed by atoms with van der Waals surface area (Å²) >= 11 is 0. The predicted molar refractivity (Wildman–Crippen MR) is 60.3 cm³/mol. The first kappa shape index (κ1) is 14.2. The molecule has 1 rings (SSSR count). The summed E-state index contributed by atoms with van der Waals surface area (Å²) in [7, 11) is 0. The Hall–Kier alpha value is -0.850. The first-order chi connectivity index (χ1) is 7.69. The van der Waals surface area contributed by atoms with Gasteiger partial charge in [-0.3, -0.25) is 0 Å². The van der Waals surface area contributed by atoms with Crippen LogP contribution in [0.15, 0.2) is 0 Å². The van der Waals surface area contributed by atoms with Crippen LogP contribution in [-0.4, -0.2) is 46.4 Å². The van der Waals surface area contributed by atoms with Crippen molar-refractivity contribution in [2.75, 3.05) is 0 Å². The summed E-state index contributed by atoms with van der Waals surface area (Å²) in [5.41, 5.74) is -0.593. The van der Waals surface area contributed by atoms with E-state index in [2.05, 4.69) is 5.32 Å². The van der Waals surface area contributed by atoms with Gasteiger partial charge in [0.2, 0.25) is 0 Å². The van der Waals surface area contributed by atoms with Gasteiger partial charge in [-0.05, 0) is 27.7 Å². The number of hydrogen-bond acceptors (Lipinski definition) is 5. The van der Waals surface area contributed by atoms with E-state index >= 15 is 0 Å². The van der Waals surface area contributed by atoms with Gasteiger partial charge in [-0.2, -0.15) is 0 Å². The van der Waals surface area contributed by atoms with Crippen LogP contribution in [0.3, 0.4) is 0 Å². The van der Waals surface area contributed by atoms with E-state index in [4.69, 9.17) is 9.47 Å². The zero-order chi connectivity index (χ0) is 13.2. The second-order valence-corrected chi connectivity index (χ2v) is 5.27.